The number of fused-ring (bicyclic) bond motifs is 1. The number of hydrogen-bond acceptors (Lipinski definition) is 4. The van der Waals surface area contributed by atoms with Crippen molar-refractivity contribution in [3.63, 3.8) is 0 Å². The summed E-state index contributed by atoms with van der Waals surface area (Å²) in [6.07, 6.45) is 2.61. The quantitative estimate of drug-likeness (QED) is 0.539. The van der Waals surface area contributed by atoms with Crippen molar-refractivity contribution in [2.24, 2.45) is 0 Å². The van der Waals surface area contributed by atoms with E-state index in [0.717, 1.165) is 29.5 Å². The second-order valence-electron chi connectivity index (χ2n) is 6.45. The van der Waals surface area contributed by atoms with E-state index in [-0.39, 0.29) is 0 Å². The molecule has 142 valence electrons. The van der Waals surface area contributed by atoms with Gasteiger partial charge in [0.25, 0.3) is 5.09 Å². The van der Waals surface area contributed by atoms with Gasteiger partial charge in [-0.25, -0.2) is 4.98 Å². The van der Waals surface area contributed by atoms with Crippen LogP contribution >= 0.6 is 11.6 Å². The summed E-state index contributed by atoms with van der Waals surface area (Å²) in [5, 5.41) is 14.4. The number of benzene rings is 2. The summed E-state index contributed by atoms with van der Waals surface area (Å²) in [4.78, 5) is 15.7. The summed E-state index contributed by atoms with van der Waals surface area (Å²) in [6.45, 7) is 4.14. The molecule has 0 spiro atoms. The van der Waals surface area contributed by atoms with Crippen LogP contribution < -0.4 is 0 Å². The number of likely N-dealkylation sites (tertiary alicyclic amines) is 1. The molecule has 7 nitrogen and oxygen atoms in total. The van der Waals surface area contributed by atoms with Crippen LogP contribution in [0.5, 0.6) is 0 Å². The van der Waals surface area contributed by atoms with Gasteiger partial charge < -0.3 is 9.77 Å². The molecule has 0 amide bonds. The van der Waals surface area contributed by atoms with Crippen LogP contribution in [-0.4, -0.2) is 37.8 Å². The molecular weight excluding hydrogens is 368 g/mol. The SMILES string of the molecule is Clc1ccc(Cn2c(CN3CCCC3)nc3ccccc32)cc1.O=[N+]([O-])O. The van der Waals surface area contributed by atoms with E-state index in [1.165, 1.54) is 37.0 Å². The van der Waals surface area contributed by atoms with Crippen molar-refractivity contribution in [1.29, 1.82) is 0 Å². The molecule has 0 atom stereocenters. The highest BCUT2D eigenvalue weighted by Gasteiger charge is 2.17. The molecule has 0 bridgehead atoms. The fourth-order valence-corrected chi connectivity index (χ4v) is 3.46. The van der Waals surface area contributed by atoms with Crippen molar-refractivity contribution in [2.75, 3.05) is 13.1 Å². The van der Waals surface area contributed by atoms with E-state index in [1.807, 2.05) is 12.1 Å². The van der Waals surface area contributed by atoms with E-state index in [2.05, 4.69) is 45.9 Å². The van der Waals surface area contributed by atoms with Crippen LogP contribution in [0.15, 0.2) is 48.5 Å². The Kier molecular flexibility index (Phi) is 6.26. The van der Waals surface area contributed by atoms with Crippen molar-refractivity contribution in [2.45, 2.75) is 25.9 Å². The zero-order valence-electron chi connectivity index (χ0n) is 14.8. The van der Waals surface area contributed by atoms with Gasteiger partial charge in [0.15, 0.2) is 0 Å². The summed E-state index contributed by atoms with van der Waals surface area (Å²) >= 11 is 6.01. The van der Waals surface area contributed by atoms with Crippen molar-refractivity contribution in [3.8, 4) is 0 Å². The first kappa shape index (κ1) is 19.1. The van der Waals surface area contributed by atoms with Gasteiger partial charge in [0, 0.05) is 11.6 Å². The summed E-state index contributed by atoms with van der Waals surface area (Å²) in [7, 11) is 0. The standard InChI is InChI=1S/C19H20ClN3.HNO3/c20-16-9-7-15(8-10-16)13-23-18-6-2-1-5-17(18)21-19(23)14-22-11-3-4-12-22;2-1(3)4/h1-2,5-10H,3-4,11-14H2;(H,2,3,4). The van der Waals surface area contributed by atoms with E-state index in [1.54, 1.807) is 0 Å². The predicted molar refractivity (Wildman–Crippen MR) is 104 cm³/mol. The first-order chi connectivity index (χ1) is 13.0. The Hall–Kier alpha value is -2.64. The third kappa shape index (κ3) is 5.18. The Labute approximate surface area is 161 Å². The van der Waals surface area contributed by atoms with E-state index in [9.17, 15) is 0 Å². The molecule has 1 aromatic heterocycles. The molecule has 0 aliphatic carbocycles. The molecule has 8 heteroatoms. The maximum Gasteiger partial charge on any atom is 0.291 e. The largest absolute Gasteiger partial charge is 0.328 e. The van der Waals surface area contributed by atoms with Crippen LogP contribution in [0, 0.1) is 10.1 Å². The fraction of sp³-hybridized carbons (Fsp3) is 0.316. The minimum atomic E-state index is -1.50. The minimum absolute atomic E-state index is 0.779. The van der Waals surface area contributed by atoms with E-state index in [4.69, 9.17) is 31.9 Å². The topological polar surface area (TPSA) is 84.4 Å². The molecule has 0 unspecified atom stereocenters. The zero-order chi connectivity index (χ0) is 19.2. The molecule has 1 N–H and O–H groups in total. The Bertz CT molecular complexity index is 901. The number of imidazole rings is 1. The number of para-hydroxylation sites is 2. The van der Waals surface area contributed by atoms with Gasteiger partial charge in [-0.2, -0.15) is 0 Å². The average molecular weight is 389 g/mol. The number of aromatic nitrogens is 2. The summed E-state index contributed by atoms with van der Waals surface area (Å²) in [5.74, 6) is 1.16. The normalized spacial score (nSPS) is 14.1. The van der Waals surface area contributed by atoms with Gasteiger partial charge in [0.1, 0.15) is 5.82 Å². The number of rotatable bonds is 4. The van der Waals surface area contributed by atoms with Crippen LogP contribution in [0.2, 0.25) is 5.02 Å². The Morgan fingerprint density at radius 2 is 1.70 bits per heavy atom. The third-order valence-electron chi connectivity index (χ3n) is 4.55. The summed E-state index contributed by atoms with van der Waals surface area (Å²) < 4.78 is 2.34. The van der Waals surface area contributed by atoms with Crippen LogP contribution in [0.3, 0.4) is 0 Å². The molecule has 27 heavy (non-hydrogen) atoms. The third-order valence-corrected chi connectivity index (χ3v) is 4.80. The van der Waals surface area contributed by atoms with Gasteiger partial charge in [0.2, 0.25) is 0 Å². The van der Waals surface area contributed by atoms with Crippen molar-refractivity contribution in [3.05, 3.63) is 75.1 Å². The predicted octanol–water partition coefficient (Wildman–Crippen LogP) is 3.99. The maximum atomic E-state index is 8.36. The average Bonchev–Trinajstić information content (AvgIpc) is 3.25. The molecule has 1 saturated heterocycles. The lowest BCUT2D eigenvalue weighted by molar-refractivity contribution is -0.742. The molecule has 2 aromatic carbocycles. The van der Waals surface area contributed by atoms with Crippen LogP contribution in [0.25, 0.3) is 11.0 Å². The molecular formula is C19H21ClN4O3. The minimum Gasteiger partial charge on any atom is -0.328 e. The summed E-state index contributed by atoms with van der Waals surface area (Å²) in [5.41, 5.74) is 3.53. The first-order valence-electron chi connectivity index (χ1n) is 8.77. The second kappa shape index (κ2) is 8.83. The molecule has 1 aliphatic rings. The van der Waals surface area contributed by atoms with Gasteiger partial charge >= 0.3 is 0 Å². The zero-order valence-corrected chi connectivity index (χ0v) is 15.5. The molecule has 0 radical (unpaired) electrons. The fourth-order valence-electron chi connectivity index (χ4n) is 3.34. The second-order valence-corrected chi connectivity index (χ2v) is 6.89. The highest BCUT2D eigenvalue weighted by molar-refractivity contribution is 6.30. The van der Waals surface area contributed by atoms with Gasteiger partial charge in [-0.15, -0.1) is 10.1 Å². The van der Waals surface area contributed by atoms with Crippen LogP contribution in [-0.2, 0) is 13.1 Å². The molecule has 4 rings (SSSR count). The smallest absolute Gasteiger partial charge is 0.291 e. The van der Waals surface area contributed by atoms with Gasteiger partial charge in [0.05, 0.1) is 17.6 Å². The van der Waals surface area contributed by atoms with Gasteiger partial charge in [-0.05, 0) is 55.8 Å². The van der Waals surface area contributed by atoms with E-state index < -0.39 is 5.09 Å². The van der Waals surface area contributed by atoms with Gasteiger partial charge in [-0.1, -0.05) is 35.9 Å². The Balaban J connectivity index is 0.000000481. The molecule has 0 saturated carbocycles. The lowest BCUT2D eigenvalue weighted by atomic mass is 10.2. The Morgan fingerprint density at radius 3 is 2.37 bits per heavy atom. The highest BCUT2D eigenvalue weighted by atomic mass is 35.5. The molecule has 2 heterocycles. The van der Waals surface area contributed by atoms with Crippen LogP contribution in [0.1, 0.15) is 24.2 Å². The number of halogens is 1. The maximum absolute atomic E-state index is 8.36. The van der Waals surface area contributed by atoms with E-state index in [0.29, 0.717) is 0 Å². The van der Waals surface area contributed by atoms with Crippen LogP contribution in [0.4, 0.5) is 0 Å². The van der Waals surface area contributed by atoms with E-state index >= 15 is 0 Å². The first-order valence-corrected chi connectivity index (χ1v) is 9.15. The number of hydrogen-bond donors (Lipinski definition) is 1. The lowest BCUT2D eigenvalue weighted by Gasteiger charge is -2.16. The van der Waals surface area contributed by atoms with Crippen molar-refractivity contribution >= 4 is 22.6 Å². The number of nitrogens with zero attached hydrogens (tertiary/aromatic N) is 4. The lowest BCUT2D eigenvalue weighted by Crippen LogP contribution is -2.21. The highest BCUT2D eigenvalue weighted by Crippen LogP contribution is 2.21. The molecule has 3 aromatic rings. The molecule has 1 fully saturated rings. The Morgan fingerprint density at radius 1 is 1.07 bits per heavy atom. The summed E-state index contributed by atoms with van der Waals surface area (Å²) in [6, 6.07) is 16.5. The van der Waals surface area contributed by atoms with Crippen molar-refractivity contribution < 1.29 is 10.3 Å². The van der Waals surface area contributed by atoms with Gasteiger partial charge in [-0.3, -0.25) is 4.90 Å². The molecule has 1 aliphatic heterocycles. The monoisotopic (exact) mass is 388 g/mol. The van der Waals surface area contributed by atoms with Crippen molar-refractivity contribution in [1.82, 2.24) is 14.5 Å².